The minimum absolute atomic E-state index is 0.0627. The van der Waals surface area contributed by atoms with Crippen LogP contribution in [0.3, 0.4) is 0 Å². The molecule has 3 aromatic heterocycles. The van der Waals surface area contributed by atoms with Gasteiger partial charge in [-0.15, -0.1) is 0 Å². The Morgan fingerprint density at radius 2 is 1.74 bits per heavy atom. The van der Waals surface area contributed by atoms with Gasteiger partial charge in [0.2, 0.25) is 5.95 Å². The van der Waals surface area contributed by atoms with E-state index in [-0.39, 0.29) is 12.0 Å². The van der Waals surface area contributed by atoms with Gasteiger partial charge in [-0.1, -0.05) is 60.7 Å². The largest absolute Gasteiger partial charge is 0.387 e. The number of benzene rings is 2. The molecule has 42 heavy (non-hydrogen) atoms. The van der Waals surface area contributed by atoms with Crippen molar-refractivity contribution < 1.29 is 14.9 Å². The van der Waals surface area contributed by atoms with E-state index < -0.39 is 24.5 Å². The minimum atomic E-state index is -1.25. The van der Waals surface area contributed by atoms with Crippen LogP contribution in [-0.2, 0) is 4.74 Å². The molecule has 0 aliphatic carbocycles. The van der Waals surface area contributed by atoms with E-state index in [0.29, 0.717) is 35.3 Å². The number of aromatic amines is 1. The maximum absolute atomic E-state index is 11.0. The molecule has 216 valence electrons. The Hall–Kier alpha value is -4.43. The van der Waals surface area contributed by atoms with E-state index in [1.54, 1.807) is 10.9 Å². The standard InChI is InChI=1S/C29H32N10O3/c40-22-23(41)28(42-24(22)26-32-15-34-38-26)39-16-33-21-25(36-29(37-27(21)39)35-19-11-12-30-13-19)31-14-20(17-7-3-1-4-8-17)18-9-5-2-6-10-18/h1-10,15-16,19-20,22-24,28,30,40-41H,11-14H2,(H,32,34,38)(H2,31,35,36,37)/t19?,22-,23+,24?,28+/m0/s1. The molecule has 5 heterocycles. The van der Waals surface area contributed by atoms with E-state index in [9.17, 15) is 10.2 Å². The van der Waals surface area contributed by atoms with Crippen molar-refractivity contribution in [1.29, 1.82) is 0 Å². The van der Waals surface area contributed by atoms with E-state index in [4.69, 9.17) is 14.7 Å². The number of ether oxygens (including phenoxy) is 1. The number of aliphatic hydroxyl groups is 2. The van der Waals surface area contributed by atoms with Gasteiger partial charge < -0.3 is 30.9 Å². The van der Waals surface area contributed by atoms with Crippen molar-refractivity contribution in [3.05, 3.63) is 90.3 Å². The van der Waals surface area contributed by atoms with Crippen LogP contribution in [0.5, 0.6) is 0 Å². The first-order valence-electron chi connectivity index (χ1n) is 14.1. The van der Waals surface area contributed by atoms with Gasteiger partial charge in [0.05, 0.1) is 6.33 Å². The van der Waals surface area contributed by atoms with Gasteiger partial charge in [0, 0.05) is 25.0 Å². The van der Waals surface area contributed by atoms with Gasteiger partial charge in [-0.25, -0.2) is 9.97 Å². The molecule has 0 radical (unpaired) electrons. The van der Waals surface area contributed by atoms with Crippen LogP contribution in [0.2, 0.25) is 0 Å². The zero-order valence-electron chi connectivity index (χ0n) is 22.7. The normalized spacial score (nSPS) is 24.0. The van der Waals surface area contributed by atoms with Crippen LogP contribution < -0.4 is 16.0 Å². The fourth-order valence-corrected chi connectivity index (χ4v) is 5.72. The van der Waals surface area contributed by atoms with Gasteiger partial charge in [-0.2, -0.15) is 15.1 Å². The van der Waals surface area contributed by atoms with Crippen molar-refractivity contribution in [2.45, 2.75) is 42.9 Å². The van der Waals surface area contributed by atoms with Gasteiger partial charge >= 0.3 is 0 Å². The predicted molar refractivity (Wildman–Crippen MR) is 155 cm³/mol. The summed E-state index contributed by atoms with van der Waals surface area (Å²) in [6, 6.07) is 20.9. The van der Waals surface area contributed by atoms with Crippen LogP contribution in [0, 0.1) is 0 Å². The summed E-state index contributed by atoms with van der Waals surface area (Å²) in [7, 11) is 0. The van der Waals surface area contributed by atoms with Crippen LogP contribution in [-0.4, -0.2) is 82.8 Å². The van der Waals surface area contributed by atoms with E-state index in [2.05, 4.69) is 60.4 Å². The number of hydrogen-bond donors (Lipinski definition) is 6. The van der Waals surface area contributed by atoms with Gasteiger partial charge in [0.25, 0.3) is 0 Å². The number of nitrogens with one attached hydrogen (secondary N) is 4. The van der Waals surface area contributed by atoms with Gasteiger partial charge in [0.15, 0.2) is 29.0 Å². The highest BCUT2D eigenvalue weighted by molar-refractivity contribution is 5.84. The molecule has 2 aliphatic heterocycles. The zero-order chi connectivity index (χ0) is 28.5. The lowest BCUT2D eigenvalue weighted by atomic mass is 9.91. The van der Waals surface area contributed by atoms with Gasteiger partial charge in [-0.05, 0) is 24.1 Å². The fourth-order valence-electron chi connectivity index (χ4n) is 5.72. The lowest BCUT2D eigenvalue weighted by molar-refractivity contribution is -0.0382. The molecule has 2 unspecified atom stereocenters. The first kappa shape index (κ1) is 26.5. The van der Waals surface area contributed by atoms with Crippen molar-refractivity contribution in [2.24, 2.45) is 0 Å². The van der Waals surface area contributed by atoms with Crippen LogP contribution in [0.1, 0.15) is 41.6 Å². The molecule has 0 spiro atoms. The second kappa shape index (κ2) is 11.4. The number of aromatic nitrogens is 7. The molecular formula is C29H32N10O3. The minimum Gasteiger partial charge on any atom is -0.387 e. The Labute approximate surface area is 241 Å². The summed E-state index contributed by atoms with van der Waals surface area (Å²) in [5.41, 5.74) is 3.35. The number of hydrogen-bond acceptors (Lipinski definition) is 11. The molecule has 2 aliphatic rings. The number of anilines is 2. The molecule has 0 amide bonds. The SMILES string of the molecule is O[C@@H]1[C@H](O)C(c2ncn[nH]2)O[C@H]1n1cnc2c(NCC(c3ccccc3)c3ccccc3)nc(NC3CCNC3)nc21. The number of aliphatic hydroxyl groups excluding tert-OH is 2. The fraction of sp³-hybridized carbons (Fsp3) is 0.345. The average Bonchev–Trinajstić information content (AvgIpc) is 3.84. The highest BCUT2D eigenvalue weighted by Gasteiger charge is 2.46. The Morgan fingerprint density at radius 3 is 2.40 bits per heavy atom. The maximum atomic E-state index is 11.0. The number of imidazole rings is 1. The Kier molecular flexibility index (Phi) is 7.22. The third kappa shape index (κ3) is 5.07. The van der Waals surface area contributed by atoms with Crippen LogP contribution in [0.4, 0.5) is 11.8 Å². The summed E-state index contributed by atoms with van der Waals surface area (Å²) < 4.78 is 7.72. The Balaban J connectivity index is 1.24. The molecule has 2 saturated heterocycles. The highest BCUT2D eigenvalue weighted by atomic mass is 16.6. The van der Waals surface area contributed by atoms with E-state index in [1.807, 2.05) is 36.4 Å². The van der Waals surface area contributed by atoms with Crippen LogP contribution in [0.15, 0.2) is 73.3 Å². The van der Waals surface area contributed by atoms with Crippen LogP contribution in [0.25, 0.3) is 11.2 Å². The quantitative estimate of drug-likeness (QED) is 0.154. The number of fused-ring (bicyclic) bond motifs is 1. The molecule has 0 saturated carbocycles. The highest BCUT2D eigenvalue weighted by Crippen LogP contribution is 2.39. The molecule has 7 rings (SSSR count). The Bertz CT molecular complexity index is 1570. The van der Waals surface area contributed by atoms with Crippen molar-refractivity contribution in [3.8, 4) is 0 Å². The van der Waals surface area contributed by atoms with Crippen molar-refractivity contribution in [1.82, 2.24) is 40.0 Å². The summed E-state index contributed by atoms with van der Waals surface area (Å²) in [5.74, 6) is 1.39. The second-order valence-electron chi connectivity index (χ2n) is 10.6. The molecule has 2 aromatic carbocycles. The first-order valence-corrected chi connectivity index (χ1v) is 14.1. The van der Waals surface area contributed by atoms with E-state index in [0.717, 1.165) is 19.5 Å². The molecule has 5 aromatic rings. The maximum Gasteiger partial charge on any atom is 0.227 e. The first-order chi connectivity index (χ1) is 20.7. The number of H-pyrrole nitrogens is 1. The molecule has 13 nitrogen and oxygen atoms in total. The van der Waals surface area contributed by atoms with Crippen LogP contribution >= 0.6 is 0 Å². The number of rotatable bonds is 9. The van der Waals surface area contributed by atoms with E-state index in [1.165, 1.54) is 17.5 Å². The summed E-state index contributed by atoms with van der Waals surface area (Å²) in [6.07, 6.45) is -0.478. The molecule has 0 bridgehead atoms. The summed E-state index contributed by atoms with van der Waals surface area (Å²) in [5, 5.41) is 38.7. The third-order valence-electron chi connectivity index (χ3n) is 7.91. The summed E-state index contributed by atoms with van der Waals surface area (Å²) >= 11 is 0. The van der Waals surface area contributed by atoms with Crippen molar-refractivity contribution in [2.75, 3.05) is 30.3 Å². The smallest absolute Gasteiger partial charge is 0.227 e. The monoisotopic (exact) mass is 568 g/mol. The van der Waals surface area contributed by atoms with Crippen molar-refractivity contribution >= 4 is 22.9 Å². The lowest BCUT2D eigenvalue weighted by Gasteiger charge is -2.20. The van der Waals surface area contributed by atoms with Gasteiger partial charge in [-0.3, -0.25) is 9.67 Å². The zero-order valence-corrected chi connectivity index (χ0v) is 22.7. The lowest BCUT2D eigenvalue weighted by Crippen LogP contribution is -2.29. The summed E-state index contributed by atoms with van der Waals surface area (Å²) in [4.78, 5) is 18.4. The molecule has 13 heteroatoms. The predicted octanol–water partition coefficient (Wildman–Crippen LogP) is 1.95. The molecule has 5 atom stereocenters. The Morgan fingerprint density at radius 1 is 0.976 bits per heavy atom. The second-order valence-corrected chi connectivity index (χ2v) is 10.6. The third-order valence-corrected chi connectivity index (χ3v) is 7.91. The van der Waals surface area contributed by atoms with Gasteiger partial charge in [0.1, 0.15) is 24.6 Å². The van der Waals surface area contributed by atoms with E-state index >= 15 is 0 Å². The molecular weight excluding hydrogens is 536 g/mol. The van der Waals surface area contributed by atoms with Crippen molar-refractivity contribution in [3.63, 3.8) is 0 Å². The topological polar surface area (TPSA) is 171 Å². The average molecular weight is 569 g/mol. The molecule has 6 N–H and O–H groups in total. The number of nitrogens with zero attached hydrogens (tertiary/aromatic N) is 6. The summed E-state index contributed by atoms with van der Waals surface area (Å²) in [6.45, 7) is 2.29. The molecule has 2 fully saturated rings.